The Labute approximate surface area is 140 Å². The minimum Gasteiger partial charge on any atom is -0.483 e. The second-order valence-electron chi connectivity index (χ2n) is 5.86. The molecule has 0 atom stereocenters. The predicted octanol–water partition coefficient (Wildman–Crippen LogP) is 3.05. The van der Waals surface area contributed by atoms with Gasteiger partial charge < -0.3 is 15.8 Å². The van der Waals surface area contributed by atoms with Crippen LogP contribution in [0.1, 0.15) is 43.4 Å². The van der Waals surface area contributed by atoms with Crippen LogP contribution in [0.25, 0.3) is 0 Å². The minimum atomic E-state index is -0.328. The third-order valence-electron chi connectivity index (χ3n) is 4.00. The van der Waals surface area contributed by atoms with Crippen molar-refractivity contribution in [3.8, 4) is 5.75 Å². The number of nitrogens with two attached hydrogens (primary N) is 1. The molecule has 0 bridgehead atoms. The molecule has 0 aliphatic carbocycles. The zero-order valence-electron chi connectivity index (χ0n) is 14.3. The SMILES string of the molecule is CCC(N)(CC)CNC(=O)COc1c(C)cc(C)cc1C.Cl. The maximum absolute atomic E-state index is 11.9. The van der Waals surface area contributed by atoms with Crippen LogP contribution in [-0.2, 0) is 4.79 Å². The van der Waals surface area contributed by atoms with Crippen molar-refractivity contribution in [1.82, 2.24) is 5.32 Å². The van der Waals surface area contributed by atoms with Crippen LogP contribution in [0.3, 0.4) is 0 Å². The maximum Gasteiger partial charge on any atom is 0.258 e. The molecular formula is C17H29ClN2O2. The number of rotatable bonds is 7. The van der Waals surface area contributed by atoms with E-state index in [1.807, 2.05) is 34.6 Å². The Hall–Kier alpha value is -1.26. The van der Waals surface area contributed by atoms with Crippen molar-refractivity contribution in [2.45, 2.75) is 53.0 Å². The van der Waals surface area contributed by atoms with Gasteiger partial charge in [-0.15, -0.1) is 12.4 Å². The van der Waals surface area contributed by atoms with Crippen LogP contribution in [0, 0.1) is 20.8 Å². The molecule has 0 aliphatic rings. The summed E-state index contributed by atoms with van der Waals surface area (Å²) in [5, 5.41) is 2.86. The van der Waals surface area contributed by atoms with E-state index in [4.69, 9.17) is 10.5 Å². The topological polar surface area (TPSA) is 64.3 Å². The maximum atomic E-state index is 11.9. The number of nitrogens with one attached hydrogen (secondary N) is 1. The summed E-state index contributed by atoms with van der Waals surface area (Å²) in [7, 11) is 0. The predicted molar refractivity (Wildman–Crippen MR) is 93.9 cm³/mol. The smallest absolute Gasteiger partial charge is 0.258 e. The normalized spacial score (nSPS) is 10.8. The quantitative estimate of drug-likeness (QED) is 0.808. The van der Waals surface area contributed by atoms with Crippen molar-refractivity contribution in [3.05, 3.63) is 28.8 Å². The molecule has 0 aliphatic heterocycles. The van der Waals surface area contributed by atoms with Crippen LogP contribution < -0.4 is 15.8 Å². The Morgan fingerprint density at radius 2 is 1.68 bits per heavy atom. The van der Waals surface area contributed by atoms with Crippen molar-refractivity contribution in [1.29, 1.82) is 0 Å². The molecule has 1 aromatic rings. The second kappa shape index (κ2) is 9.01. The molecule has 22 heavy (non-hydrogen) atoms. The van der Waals surface area contributed by atoms with E-state index in [-0.39, 0.29) is 30.5 Å². The monoisotopic (exact) mass is 328 g/mol. The molecular weight excluding hydrogens is 300 g/mol. The van der Waals surface area contributed by atoms with Crippen LogP contribution in [0.15, 0.2) is 12.1 Å². The Morgan fingerprint density at radius 1 is 1.18 bits per heavy atom. The van der Waals surface area contributed by atoms with Gasteiger partial charge in [0, 0.05) is 12.1 Å². The molecule has 0 saturated carbocycles. The van der Waals surface area contributed by atoms with E-state index in [0.29, 0.717) is 6.54 Å². The first-order chi connectivity index (χ1) is 9.81. The van der Waals surface area contributed by atoms with Crippen molar-refractivity contribution in [3.63, 3.8) is 0 Å². The van der Waals surface area contributed by atoms with Crippen LogP contribution in [0.4, 0.5) is 0 Å². The lowest BCUT2D eigenvalue weighted by Gasteiger charge is -2.26. The zero-order chi connectivity index (χ0) is 16.0. The number of halogens is 1. The summed E-state index contributed by atoms with van der Waals surface area (Å²) < 4.78 is 5.66. The lowest BCUT2D eigenvalue weighted by molar-refractivity contribution is -0.123. The molecule has 1 aromatic carbocycles. The van der Waals surface area contributed by atoms with E-state index in [0.717, 1.165) is 29.7 Å². The lowest BCUT2D eigenvalue weighted by atomic mass is 9.94. The highest BCUT2D eigenvalue weighted by Crippen LogP contribution is 2.24. The Kier molecular flexibility index (Phi) is 8.49. The van der Waals surface area contributed by atoms with Crippen molar-refractivity contribution < 1.29 is 9.53 Å². The Bertz CT molecular complexity index is 476. The highest BCUT2D eigenvalue weighted by Gasteiger charge is 2.21. The first-order valence-electron chi connectivity index (χ1n) is 7.57. The van der Waals surface area contributed by atoms with Crippen molar-refractivity contribution in [2.75, 3.05) is 13.2 Å². The number of carbonyl (C=O) groups excluding carboxylic acids is 1. The van der Waals surface area contributed by atoms with E-state index < -0.39 is 0 Å². The molecule has 0 aromatic heterocycles. The van der Waals surface area contributed by atoms with Gasteiger partial charge in [0.2, 0.25) is 0 Å². The number of carbonyl (C=O) groups is 1. The number of amides is 1. The molecule has 4 nitrogen and oxygen atoms in total. The fourth-order valence-corrected chi connectivity index (χ4v) is 2.36. The van der Waals surface area contributed by atoms with Gasteiger partial charge in [-0.2, -0.15) is 0 Å². The van der Waals surface area contributed by atoms with Crippen LogP contribution in [-0.4, -0.2) is 24.6 Å². The van der Waals surface area contributed by atoms with Gasteiger partial charge in [-0.25, -0.2) is 0 Å². The number of benzene rings is 1. The summed E-state index contributed by atoms with van der Waals surface area (Å²) in [5.74, 6) is 0.659. The molecule has 0 radical (unpaired) electrons. The van der Waals surface area contributed by atoms with Crippen LogP contribution >= 0.6 is 12.4 Å². The second-order valence-corrected chi connectivity index (χ2v) is 5.86. The van der Waals surface area contributed by atoms with E-state index in [1.165, 1.54) is 5.56 Å². The fraction of sp³-hybridized carbons (Fsp3) is 0.588. The largest absolute Gasteiger partial charge is 0.483 e. The van der Waals surface area contributed by atoms with Crippen molar-refractivity contribution in [2.24, 2.45) is 5.73 Å². The van der Waals surface area contributed by atoms with Crippen molar-refractivity contribution >= 4 is 18.3 Å². The molecule has 0 saturated heterocycles. The average Bonchev–Trinajstić information content (AvgIpc) is 2.43. The highest BCUT2D eigenvalue weighted by molar-refractivity contribution is 5.85. The summed E-state index contributed by atoms with van der Waals surface area (Å²) in [5.41, 5.74) is 9.13. The molecule has 0 spiro atoms. The van der Waals surface area contributed by atoms with Gasteiger partial charge in [0.05, 0.1) is 0 Å². The van der Waals surface area contributed by atoms with Gasteiger partial charge in [0.15, 0.2) is 6.61 Å². The first-order valence-corrected chi connectivity index (χ1v) is 7.57. The van der Waals surface area contributed by atoms with E-state index in [9.17, 15) is 4.79 Å². The van der Waals surface area contributed by atoms with Gasteiger partial charge in [0.25, 0.3) is 5.91 Å². The first kappa shape index (κ1) is 20.7. The van der Waals surface area contributed by atoms with E-state index >= 15 is 0 Å². The minimum absolute atomic E-state index is 0. The molecule has 126 valence electrons. The number of ether oxygens (including phenoxy) is 1. The standard InChI is InChI=1S/C17H28N2O2.ClH/c1-6-17(18,7-2)11-19-15(20)10-21-16-13(4)8-12(3)9-14(16)5;/h8-9H,6-7,10-11,18H2,1-5H3,(H,19,20);1H. The highest BCUT2D eigenvalue weighted by atomic mass is 35.5. The fourth-order valence-electron chi connectivity index (χ4n) is 2.36. The molecule has 1 amide bonds. The molecule has 0 heterocycles. The van der Waals surface area contributed by atoms with Gasteiger partial charge in [-0.3, -0.25) is 4.79 Å². The molecule has 3 N–H and O–H groups in total. The summed E-state index contributed by atoms with van der Waals surface area (Å²) in [6.45, 7) is 10.6. The number of hydrogen-bond acceptors (Lipinski definition) is 3. The molecule has 1 rings (SSSR count). The van der Waals surface area contributed by atoms with Gasteiger partial charge in [-0.05, 0) is 44.7 Å². The zero-order valence-corrected chi connectivity index (χ0v) is 15.1. The summed E-state index contributed by atoms with van der Waals surface area (Å²) in [6.07, 6.45) is 1.67. The number of aryl methyl sites for hydroxylation is 3. The van der Waals surface area contributed by atoms with Gasteiger partial charge in [0.1, 0.15) is 5.75 Å². The Balaban J connectivity index is 0.00000441. The molecule has 5 heteroatoms. The number of hydrogen-bond donors (Lipinski definition) is 2. The van der Waals surface area contributed by atoms with E-state index in [2.05, 4.69) is 17.4 Å². The summed E-state index contributed by atoms with van der Waals surface area (Å²) >= 11 is 0. The third kappa shape index (κ3) is 5.85. The molecule has 0 unspecified atom stereocenters. The Morgan fingerprint density at radius 3 is 2.14 bits per heavy atom. The lowest BCUT2D eigenvalue weighted by Crippen LogP contribution is -2.50. The average molecular weight is 329 g/mol. The summed E-state index contributed by atoms with van der Waals surface area (Å²) in [4.78, 5) is 11.9. The van der Waals surface area contributed by atoms with Crippen LogP contribution in [0.2, 0.25) is 0 Å². The molecule has 0 fully saturated rings. The van der Waals surface area contributed by atoms with Gasteiger partial charge >= 0.3 is 0 Å². The van der Waals surface area contributed by atoms with Gasteiger partial charge in [-0.1, -0.05) is 31.5 Å². The van der Waals surface area contributed by atoms with E-state index in [1.54, 1.807) is 0 Å². The third-order valence-corrected chi connectivity index (χ3v) is 4.00. The van der Waals surface area contributed by atoms with Crippen LogP contribution in [0.5, 0.6) is 5.75 Å². The summed E-state index contributed by atoms with van der Waals surface area (Å²) in [6, 6.07) is 4.11.